The molecule has 13 nitrogen and oxygen atoms in total. The molecule has 1 saturated heterocycles. The molecule has 3 rings (SSSR count). The van der Waals surface area contributed by atoms with Gasteiger partial charge in [-0.05, 0) is 41.8 Å². The Morgan fingerprint density at radius 2 is 1.49 bits per heavy atom. The van der Waals surface area contributed by atoms with E-state index in [1.165, 1.54) is 26.4 Å². The molecular formula is C30H33NO12. The van der Waals surface area contributed by atoms with Gasteiger partial charge in [-0.1, -0.05) is 12.1 Å². The van der Waals surface area contributed by atoms with Crippen LogP contribution in [0.3, 0.4) is 0 Å². The number of hydrogen-bond donors (Lipinski definition) is 1. The van der Waals surface area contributed by atoms with Crippen molar-refractivity contribution in [3.63, 3.8) is 0 Å². The standard InChI is InChI=1S/C30H33NO12/c1-16(32)39-15-26-27(40-17(2)33)28(41-18(3)34)29(42-19(4)35)30(36,43-26)24-12-21(22(14-31)13-25(24)38-6)11-20-7-9-23(37-5)10-8-20/h7-10,12-13,26-29,36H,11,15H2,1-6H3/t26-,27-,28+,29-,30-/m1/s1. The van der Waals surface area contributed by atoms with Gasteiger partial charge in [0.25, 0.3) is 0 Å². The minimum atomic E-state index is -2.64. The highest BCUT2D eigenvalue weighted by atomic mass is 16.7. The first-order valence-corrected chi connectivity index (χ1v) is 13.1. The van der Waals surface area contributed by atoms with Crippen molar-refractivity contribution in [2.75, 3.05) is 20.8 Å². The molecule has 0 spiro atoms. The number of aliphatic hydroxyl groups is 1. The van der Waals surface area contributed by atoms with Crippen LogP contribution in [0.25, 0.3) is 0 Å². The van der Waals surface area contributed by atoms with Gasteiger partial charge in [-0.25, -0.2) is 0 Å². The number of methoxy groups -OCH3 is 2. The second-order valence-electron chi connectivity index (χ2n) is 9.68. The molecule has 43 heavy (non-hydrogen) atoms. The Hall–Kier alpha value is -4.67. The molecule has 0 radical (unpaired) electrons. The number of nitriles is 1. The summed E-state index contributed by atoms with van der Waals surface area (Å²) < 4.78 is 38.2. The Morgan fingerprint density at radius 3 is 2.00 bits per heavy atom. The van der Waals surface area contributed by atoms with Crippen molar-refractivity contribution in [2.24, 2.45) is 0 Å². The van der Waals surface area contributed by atoms with Crippen LogP contribution in [0.15, 0.2) is 36.4 Å². The fraction of sp³-hybridized carbons (Fsp3) is 0.433. The summed E-state index contributed by atoms with van der Waals surface area (Å²) in [6, 6.07) is 12.0. The van der Waals surface area contributed by atoms with Crippen molar-refractivity contribution in [2.45, 2.75) is 64.3 Å². The van der Waals surface area contributed by atoms with Crippen LogP contribution < -0.4 is 9.47 Å². The number of nitrogens with zero attached hydrogens (tertiary/aromatic N) is 1. The van der Waals surface area contributed by atoms with Crippen LogP contribution in [0.4, 0.5) is 0 Å². The number of rotatable bonds is 10. The number of ether oxygens (including phenoxy) is 7. The quantitative estimate of drug-likeness (QED) is 0.310. The van der Waals surface area contributed by atoms with Gasteiger partial charge in [0, 0.05) is 27.7 Å². The smallest absolute Gasteiger partial charge is 0.303 e. The summed E-state index contributed by atoms with van der Waals surface area (Å²) >= 11 is 0. The van der Waals surface area contributed by atoms with Gasteiger partial charge in [-0.15, -0.1) is 0 Å². The molecule has 0 amide bonds. The highest BCUT2D eigenvalue weighted by Crippen LogP contribution is 2.45. The zero-order chi connectivity index (χ0) is 31.9. The molecule has 2 aromatic carbocycles. The third kappa shape index (κ3) is 7.79. The monoisotopic (exact) mass is 599 g/mol. The Kier molecular flexibility index (Phi) is 10.7. The van der Waals surface area contributed by atoms with Crippen LogP contribution in [0.1, 0.15) is 49.9 Å². The summed E-state index contributed by atoms with van der Waals surface area (Å²) in [5.74, 6) is -5.32. The van der Waals surface area contributed by atoms with Crippen molar-refractivity contribution in [1.82, 2.24) is 0 Å². The topological polar surface area (TPSA) is 177 Å². The molecule has 0 unspecified atom stereocenters. The SMILES string of the molecule is COc1ccc(Cc2cc([C@@]3(O)O[C@H](COC(C)=O)[C@@H](OC(C)=O)[C@H](OC(C)=O)[C@H]3OC(C)=O)c(OC)cc2C#N)cc1. The van der Waals surface area contributed by atoms with Gasteiger partial charge in [-0.3, -0.25) is 19.2 Å². The van der Waals surface area contributed by atoms with Crippen molar-refractivity contribution < 1.29 is 57.4 Å². The normalized spacial score (nSPS) is 22.8. The fourth-order valence-corrected chi connectivity index (χ4v) is 4.78. The fourth-order valence-electron chi connectivity index (χ4n) is 4.78. The molecule has 0 aromatic heterocycles. The molecule has 0 bridgehead atoms. The van der Waals surface area contributed by atoms with Crippen molar-refractivity contribution in [3.8, 4) is 17.6 Å². The molecular weight excluding hydrogens is 566 g/mol. The first-order valence-electron chi connectivity index (χ1n) is 13.1. The van der Waals surface area contributed by atoms with Gasteiger partial charge < -0.3 is 38.3 Å². The molecule has 1 aliphatic rings. The van der Waals surface area contributed by atoms with Gasteiger partial charge in [-0.2, -0.15) is 5.26 Å². The predicted octanol–water partition coefficient (Wildman–Crippen LogP) is 2.07. The number of esters is 4. The zero-order valence-corrected chi connectivity index (χ0v) is 24.6. The summed E-state index contributed by atoms with van der Waals surface area (Å²) in [4.78, 5) is 48.3. The van der Waals surface area contributed by atoms with Gasteiger partial charge in [0.15, 0.2) is 12.2 Å². The van der Waals surface area contributed by atoms with E-state index < -0.39 is 60.7 Å². The minimum Gasteiger partial charge on any atom is -0.497 e. The van der Waals surface area contributed by atoms with Crippen LogP contribution >= 0.6 is 0 Å². The summed E-state index contributed by atoms with van der Waals surface area (Å²) in [7, 11) is 2.82. The molecule has 1 fully saturated rings. The summed E-state index contributed by atoms with van der Waals surface area (Å²) in [5, 5.41) is 22.2. The van der Waals surface area contributed by atoms with Crippen LogP contribution in [-0.4, -0.2) is 74.2 Å². The van der Waals surface area contributed by atoms with Crippen LogP contribution in [0, 0.1) is 11.3 Å². The van der Waals surface area contributed by atoms with E-state index in [4.69, 9.17) is 33.2 Å². The Morgan fingerprint density at radius 1 is 0.884 bits per heavy atom. The third-order valence-electron chi connectivity index (χ3n) is 6.54. The Bertz CT molecular complexity index is 1400. The van der Waals surface area contributed by atoms with E-state index in [0.717, 1.165) is 33.3 Å². The lowest BCUT2D eigenvalue weighted by Gasteiger charge is -2.49. The maximum absolute atomic E-state index is 12.3. The van der Waals surface area contributed by atoms with E-state index in [1.54, 1.807) is 24.3 Å². The first kappa shape index (κ1) is 32.8. The van der Waals surface area contributed by atoms with Crippen molar-refractivity contribution >= 4 is 23.9 Å². The van der Waals surface area contributed by atoms with E-state index in [1.807, 2.05) is 0 Å². The molecule has 13 heteroatoms. The largest absolute Gasteiger partial charge is 0.497 e. The molecule has 5 atom stereocenters. The second kappa shape index (κ2) is 14.0. The minimum absolute atomic E-state index is 0.0339. The van der Waals surface area contributed by atoms with Crippen LogP contribution in [-0.2, 0) is 55.1 Å². The van der Waals surface area contributed by atoms with Gasteiger partial charge in [0.1, 0.15) is 24.2 Å². The predicted molar refractivity (Wildman–Crippen MR) is 146 cm³/mol. The summed E-state index contributed by atoms with van der Waals surface area (Å²) in [6.45, 7) is 3.81. The maximum atomic E-state index is 12.3. The van der Waals surface area contributed by atoms with Gasteiger partial charge >= 0.3 is 23.9 Å². The van der Waals surface area contributed by atoms with E-state index in [0.29, 0.717) is 11.3 Å². The lowest BCUT2D eigenvalue weighted by Crippen LogP contribution is -2.66. The van der Waals surface area contributed by atoms with Gasteiger partial charge in [0.2, 0.25) is 11.9 Å². The highest BCUT2D eigenvalue weighted by molar-refractivity contribution is 5.69. The lowest BCUT2D eigenvalue weighted by atomic mass is 9.85. The lowest BCUT2D eigenvalue weighted by molar-refractivity contribution is -0.360. The van der Waals surface area contributed by atoms with E-state index in [9.17, 15) is 29.5 Å². The van der Waals surface area contributed by atoms with Crippen LogP contribution in [0.2, 0.25) is 0 Å². The average molecular weight is 600 g/mol. The van der Waals surface area contributed by atoms with Crippen LogP contribution in [0.5, 0.6) is 11.5 Å². The number of hydrogen-bond acceptors (Lipinski definition) is 13. The molecule has 2 aromatic rings. The highest BCUT2D eigenvalue weighted by Gasteiger charge is 2.61. The third-order valence-corrected chi connectivity index (χ3v) is 6.54. The summed E-state index contributed by atoms with van der Waals surface area (Å²) in [5.41, 5.74) is 1.34. The number of carbonyl (C=O) groups is 4. The van der Waals surface area contributed by atoms with E-state index in [2.05, 4.69) is 6.07 Å². The van der Waals surface area contributed by atoms with E-state index in [-0.39, 0.29) is 23.3 Å². The first-order chi connectivity index (χ1) is 20.3. The molecule has 1 heterocycles. The van der Waals surface area contributed by atoms with Crippen molar-refractivity contribution in [3.05, 3.63) is 58.7 Å². The van der Waals surface area contributed by atoms with E-state index >= 15 is 0 Å². The van der Waals surface area contributed by atoms with Gasteiger partial charge in [0.05, 0.1) is 31.4 Å². The Labute approximate surface area is 248 Å². The molecule has 1 aliphatic heterocycles. The van der Waals surface area contributed by atoms with Crippen molar-refractivity contribution in [1.29, 1.82) is 5.26 Å². The summed E-state index contributed by atoms with van der Waals surface area (Å²) in [6.07, 6.45) is -6.12. The molecule has 0 aliphatic carbocycles. The second-order valence-corrected chi connectivity index (χ2v) is 9.68. The number of benzene rings is 2. The molecule has 1 N–H and O–H groups in total. The Balaban J connectivity index is 2.26. The average Bonchev–Trinajstić information content (AvgIpc) is 2.95. The molecule has 230 valence electrons. The maximum Gasteiger partial charge on any atom is 0.303 e. The zero-order valence-electron chi connectivity index (χ0n) is 24.6. The number of carbonyl (C=O) groups excluding carboxylic acids is 4. The molecule has 0 saturated carbocycles.